The fourth-order valence-corrected chi connectivity index (χ4v) is 2.21. The summed E-state index contributed by atoms with van der Waals surface area (Å²) in [5, 5.41) is 6.59. The van der Waals surface area contributed by atoms with Gasteiger partial charge in [-0.1, -0.05) is 35.5 Å². The van der Waals surface area contributed by atoms with Crippen molar-refractivity contribution in [3.8, 4) is 11.3 Å². The summed E-state index contributed by atoms with van der Waals surface area (Å²) >= 11 is 0. The van der Waals surface area contributed by atoms with Gasteiger partial charge in [-0.2, -0.15) is 0 Å². The first-order valence-electron chi connectivity index (χ1n) is 7.38. The first kappa shape index (κ1) is 15.9. The maximum atomic E-state index is 13.1. The van der Waals surface area contributed by atoms with E-state index >= 15 is 0 Å². The Labute approximate surface area is 137 Å². The second-order valence-corrected chi connectivity index (χ2v) is 5.18. The Hall–Kier alpha value is -3.02. The average Bonchev–Trinajstić information content (AvgIpc) is 3.07. The zero-order chi connectivity index (χ0) is 16.9. The van der Waals surface area contributed by atoms with Gasteiger partial charge < -0.3 is 9.84 Å². The second kappa shape index (κ2) is 7.04. The number of amides is 1. The largest absolute Gasteiger partial charge is 0.356 e. The zero-order valence-electron chi connectivity index (χ0n) is 12.6. The minimum atomic E-state index is -1.05. The van der Waals surface area contributed by atoms with Crippen LogP contribution in [0.4, 0.5) is 8.78 Å². The highest BCUT2D eigenvalue weighted by Crippen LogP contribution is 2.19. The Morgan fingerprint density at radius 1 is 1.04 bits per heavy atom. The smallest absolute Gasteiger partial charge is 0.251 e. The van der Waals surface area contributed by atoms with Crippen LogP contribution in [0.3, 0.4) is 0 Å². The van der Waals surface area contributed by atoms with Gasteiger partial charge in [0, 0.05) is 30.2 Å². The minimum absolute atomic E-state index is 0.0685. The molecule has 1 aromatic heterocycles. The summed E-state index contributed by atoms with van der Waals surface area (Å²) in [6.07, 6.45) is 0.464. The van der Waals surface area contributed by atoms with Crippen LogP contribution in [-0.2, 0) is 6.42 Å². The molecule has 0 bridgehead atoms. The molecular weight excluding hydrogens is 314 g/mol. The SMILES string of the molecule is O=C(NCCc1cc(-c2ccccc2)on1)c1ccc(F)c(F)c1. The van der Waals surface area contributed by atoms with Crippen LogP contribution in [0.25, 0.3) is 11.3 Å². The van der Waals surface area contributed by atoms with E-state index in [0.29, 0.717) is 24.4 Å². The highest BCUT2D eigenvalue weighted by molar-refractivity contribution is 5.94. The number of halogens is 2. The van der Waals surface area contributed by atoms with Crippen LogP contribution < -0.4 is 5.32 Å². The molecule has 1 heterocycles. The van der Waals surface area contributed by atoms with Crippen molar-refractivity contribution in [2.45, 2.75) is 6.42 Å². The quantitative estimate of drug-likeness (QED) is 0.779. The summed E-state index contributed by atoms with van der Waals surface area (Å²) in [6.45, 7) is 0.304. The van der Waals surface area contributed by atoms with E-state index in [2.05, 4.69) is 10.5 Å². The van der Waals surface area contributed by atoms with Crippen LogP contribution in [0.5, 0.6) is 0 Å². The van der Waals surface area contributed by atoms with Crippen LogP contribution in [-0.4, -0.2) is 17.6 Å². The number of nitrogens with zero attached hydrogens (tertiary/aromatic N) is 1. The molecule has 0 saturated carbocycles. The highest BCUT2D eigenvalue weighted by atomic mass is 19.2. The van der Waals surface area contributed by atoms with Gasteiger partial charge in [-0.25, -0.2) is 8.78 Å². The maximum absolute atomic E-state index is 13.1. The maximum Gasteiger partial charge on any atom is 0.251 e. The lowest BCUT2D eigenvalue weighted by atomic mass is 10.1. The van der Waals surface area contributed by atoms with E-state index in [4.69, 9.17) is 4.52 Å². The molecule has 1 amide bonds. The second-order valence-electron chi connectivity index (χ2n) is 5.18. The van der Waals surface area contributed by atoms with Crippen LogP contribution >= 0.6 is 0 Å². The van der Waals surface area contributed by atoms with Gasteiger partial charge in [0.25, 0.3) is 5.91 Å². The molecule has 3 aromatic rings. The van der Waals surface area contributed by atoms with Crippen molar-refractivity contribution in [2.24, 2.45) is 0 Å². The lowest BCUT2D eigenvalue weighted by molar-refractivity contribution is 0.0953. The molecule has 0 radical (unpaired) electrons. The van der Waals surface area contributed by atoms with E-state index in [1.54, 1.807) is 6.07 Å². The molecule has 0 atom stereocenters. The molecule has 0 fully saturated rings. The molecule has 24 heavy (non-hydrogen) atoms. The van der Waals surface area contributed by atoms with Gasteiger partial charge in [0.15, 0.2) is 17.4 Å². The van der Waals surface area contributed by atoms with Gasteiger partial charge in [0.05, 0.1) is 5.69 Å². The predicted octanol–water partition coefficient (Wildman–Crippen LogP) is 3.59. The number of carbonyl (C=O) groups excluding carboxylic acids is 1. The van der Waals surface area contributed by atoms with Crippen molar-refractivity contribution < 1.29 is 18.1 Å². The van der Waals surface area contributed by atoms with E-state index in [9.17, 15) is 13.6 Å². The summed E-state index contributed by atoms with van der Waals surface area (Å²) in [6, 6.07) is 14.4. The summed E-state index contributed by atoms with van der Waals surface area (Å²) in [7, 11) is 0. The molecule has 0 aliphatic rings. The lowest BCUT2D eigenvalue weighted by Crippen LogP contribution is -2.25. The van der Waals surface area contributed by atoms with Crippen LogP contribution in [0, 0.1) is 11.6 Å². The Morgan fingerprint density at radius 2 is 1.83 bits per heavy atom. The number of hydrogen-bond donors (Lipinski definition) is 1. The first-order valence-corrected chi connectivity index (χ1v) is 7.38. The summed E-state index contributed by atoms with van der Waals surface area (Å²) in [4.78, 5) is 11.9. The van der Waals surface area contributed by atoms with Crippen LogP contribution in [0.2, 0.25) is 0 Å². The fraction of sp³-hybridized carbons (Fsp3) is 0.111. The van der Waals surface area contributed by atoms with E-state index in [1.807, 2.05) is 30.3 Å². The van der Waals surface area contributed by atoms with Gasteiger partial charge in [0.1, 0.15) is 0 Å². The molecule has 122 valence electrons. The molecule has 1 N–H and O–H groups in total. The molecule has 0 aliphatic heterocycles. The van der Waals surface area contributed by atoms with Gasteiger partial charge in [-0.05, 0) is 18.2 Å². The molecule has 0 unspecified atom stereocenters. The van der Waals surface area contributed by atoms with Crippen molar-refractivity contribution >= 4 is 5.91 Å². The van der Waals surface area contributed by atoms with Crippen molar-refractivity contribution in [3.63, 3.8) is 0 Å². The third-order valence-corrected chi connectivity index (χ3v) is 3.47. The highest BCUT2D eigenvalue weighted by Gasteiger charge is 2.10. The number of nitrogens with one attached hydrogen (secondary N) is 1. The average molecular weight is 328 g/mol. The fourth-order valence-electron chi connectivity index (χ4n) is 2.21. The summed E-state index contributed by atoms with van der Waals surface area (Å²) in [5.74, 6) is -1.85. The normalized spacial score (nSPS) is 10.6. The number of hydrogen-bond acceptors (Lipinski definition) is 3. The minimum Gasteiger partial charge on any atom is -0.356 e. The van der Waals surface area contributed by atoms with Crippen molar-refractivity contribution in [2.75, 3.05) is 6.54 Å². The standard InChI is InChI=1S/C18H14F2N2O2/c19-15-7-6-13(10-16(15)20)18(23)21-9-8-14-11-17(24-22-14)12-4-2-1-3-5-12/h1-7,10-11H,8-9H2,(H,21,23). The number of rotatable bonds is 5. The molecular formula is C18H14F2N2O2. The Balaban J connectivity index is 1.56. The number of carbonyl (C=O) groups is 1. The third kappa shape index (κ3) is 3.65. The molecule has 0 saturated heterocycles. The van der Waals surface area contributed by atoms with E-state index in [-0.39, 0.29) is 5.56 Å². The van der Waals surface area contributed by atoms with Crippen LogP contribution in [0.1, 0.15) is 16.1 Å². The summed E-state index contributed by atoms with van der Waals surface area (Å²) in [5.41, 5.74) is 1.68. The molecule has 6 heteroatoms. The molecule has 4 nitrogen and oxygen atoms in total. The first-order chi connectivity index (χ1) is 11.6. The van der Waals surface area contributed by atoms with E-state index < -0.39 is 17.5 Å². The predicted molar refractivity (Wildman–Crippen MR) is 84.3 cm³/mol. The van der Waals surface area contributed by atoms with Gasteiger partial charge in [0.2, 0.25) is 0 Å². The van der Waals surface area contributed by atoms with E-state index in [0.717, 1.165) is 17.7 Å². The number of benzene rings is 2. The van der Waals surface area contributed by atoms with Crippen molar-refractivity contribution in [3.05, 3.63) is 77.5 Å². The zero-order valence-corrected chi connectivity index (χ0v) is 12.6. The molecule has 0 spiro atoms. The van der Waals surface area contributed by atoms with Crippen LogP contribution in [0.15, 0.2) is 59.1 Å². The van der Waals surface area contributed by atoms with Crippen molar-refractivity contribution in [1.29, 1.82) is 0 Å². The van der Waals surface area contributed by atoms with E-state index in [1.165, 1.54) is 6.07 Å². The molecule has 2 aromatic carbocycles. The molecule has 0 aliphatic carbocycles. The summed E-state index contributed by atoms with van der Waals surface area (Å²) < 4.78 is 31.2. The topological polar surface area (TPSA) is 55.1 Å². The Morgan fingerprint density at radius 3 is 2.58 bits per heavy atom. The van der Waals surface area contributed by atoms with Gasteiger partial charge in [-0.3, -0.25) is 4.79 Å². The number of aromatic nitrogens is 1. The Kier molecular flexibility index (Phi) is 4.65. The lowest BCUT2D eigenvalue weighted by Gasteiger charge is -2.04. The van der Waals surface area contributed by atoms with Crippen molar-refractivity contribution in [1.82, 2.24) is 10.5 Å². The van der Waals surface area contributed by atoms with Gasteiger partial charge in [-0.15, -0.1) is 0 Å². The van der Waals surface area contributed by atoms with Gasteiger partial charge >= 0.3 is 0 Å². The third-order valence-electron chi connectivity index (χ3n) is 3.47. The monoisotopic (exact) mass is 328 g/mol. The Bertz CT molecular complexity index is 847. The molecule has 3 rings (SSSR count).